The van der Waals surface area contributed by atoms with Crippen LogP contribution < -0.4 is 15.4 Å². The highest BCUT2D eigenvalue weighted by atomic mass is 35.5. The highest BCUT2D eigenvalue weighted by molar-refractivity contribution is 6.29. The molecule has 0 saturated carbocycles. The molecule has 0 spiro atoms. The lowest BCUT2D eigenvalue weighted by Gasteiger charge is -2.14. The molecule has 0 aliphatic heterocycles. The van der Waals surface area contributed by atoms with Gasteiger partial charge in [0.05, 0.1) is 12.1 Å². The molecule has 1 unspecified atom stereocenters. The van der Waals surface area contributed by atoms with Crippen molar-refractivity contribution in [3.05, 3.63) is 58.9 Å². The normalized spacial score (nSPS) is 13.1. The molecule has 1 aromatic carbocycles. The maximum atomic E-state index is 12.7. The van der Waals surface area contributed by atoms with Crippen LogP contribution >= 0.6 is 11.6 Å². The van der Waals surface area contributed by atoms with E-state index in [9.17, 15) is 18.3 Å². The van der Waals surface area contributed by atoms with Gasteiger partial charge in [0.2, 0.25) is 0 Å². The van der Waals surface area contributed by atoms with Gasteiger partial charge in [-0.05, 0) is 43.2 Å². The minimum absolute atomic E-state index is 0.0246. The van der Waals surface area contributed by atoms with Crippen molar-refractivity contribution >= 4 is 17.6 Å². The number of ether oxygens (including phenoxy) is 1. The Labute approximate surface area is 178 Å². The SMILES string of the molecule is CCNC(=NCC(O)COc1cccc(C(F)(F)F)c1)NCCc1ccc(Cl)nc1. The van der Waals surface area contributed by atoms with Crippen molar-refractivity contribution in [2.45, 2.75) is 25.6 Å². The van der Waals surface area contributed by atoms with Crippen LogP contribution in [0.25, 0.3) is 0 Å². The lowest BCUT2D eigenvalue weighted by Crippen LogP contribution is -2.39. The van der Waals surface area contributed by atoms with Crippen molar-refractivity contribution in [1.82, 2.24) is 15.6 Å². The van der Waals surface area contributed by atoms with E-state index in [0.717, 1.165) is 17.7 Å². The van der Waals surface area contributed by atoms with Gasteiger partial charge in [-0.15, -0.1) is 0 Å². The van der Waals surface area contributed by atoms with Crippen LogP contribution in [0, 0.1) is 0 Å². The second-order valence-electron chi connectivity index (χ2n) is 6.38. The Hall–Kier alpha value is -2.52. The van der Waals surface area contributed by atoms with Crippen LogP contribution in [-0.2, 0) is 12.6 Å². The van der Waals surface area contributed by atoms with Gasteiger partial charge < -0.3 is 20.5 Å². The molecule has 1 heterocycles. The van der Waals surface area contributed by atoms with Gasteiger partial charge >= 0.3 is 6.18 Å². The molecule has 0 bridgehead atoms. The van der Waals surface area contributed by atoms with Gasteiger partial charge in [0.15, 0.2) is 5.96 Å². The van der Waals surface area contributed by atoms with E-state index < -0.39 is 17.8 Å². The molecule has 3 N–H and O–H groups in total. The first kappa shape index (κ1) is 23.8. The minimum Gasteiger partial charge on any atom is -0.491 e. The summed E-state index contributed by atoms with van der Waals surface area (Å²) in [6, 6.07) is 8.12. The number of hydrogen-bond donors (Lipinski definition) is 3. The van der Waals surface area contributed by atoms with Crippen molar-refractivity contribution in [2.24, 2.45) is 4.99 Å². The van der Waals surface area contributed by atoms with Gasteiger partial charge in [-0.2, -0.15) is 13.2 Å². The number of halogens is 4. The number of aromatic nitrogens is 1. The van der Waals surface area contributed by atoms with E-state index in [1.54, 1.807) is 12.3 Å². The average Bonchev–Trinajstić information content (AvgIpc) is 2.71. The summed E-state index contributed by atoms with van der Waals surface area (Å²) in [7, 11) is 0. The molecule has 0 amide bonds. The zero-order valence-electron chi connectivity index (χ0n) is 16.4. The number of guanidine groups is 1. The molecule has 0 aliphatic rings. The highest BCUT2D eigenvalue weighted by Crippen LogP contribution is 2.31. The minimum atomic E-state index is -4.45. The number of pyridine rings is 1. The van der Waals surface area contributed by atoms with Crippen molar-refractivity contribution in [2.75, 3.05) is 26.2 Å². The van der Waals surface area contributed by atoms with E-state index in [0.29, 0.717) is 30.6 Å². The van der Waals surface area contributed by atoms with Gasteiger partial charge in [-0.25, -0.2) is 4.98 Å². The molecule has 0 fully saturated rings. The third-order valence-electron chi connectivity index (χ3n) is 3.90. The Bertz CT molecular complexity index is 816. The summed E-state index contributed by atoms with van der Waals surface area (Å²) in [4.78, 5) is 8.29. The molecule has 0 radical (unpaired) electrons. The molecule has 1 aromatic heterocycles. The number of hydrogen-bond acceptors (Lipinski definition) is 4. The number of rotatable bonds is 9. The first-order valence-corrected chi connectivity index (χ1v) is 9.76. The first-order valence-electron chi connectivity index (χ1n) is 9.38. The largest absolute Gasteiger partial charge is 0.491 e. The molecule has 0 aliphatic carbocycles. The van der Waals surface area contributed by atoms with E-state index in [2.05, 4.69) is 20.6 Å². The zero-order valence-corrected chi connectivity index (χ0v) is 17.2. The molecule has 2 aromatic rings. The van der Waals surface area contributed by atoms with E-state index in [4.69, 9.17) is 16.3 Å². The van der Waals surface area contributed by atoms with Gasteiger partial charge in [-0.3, -0.25) is 4.99 Å². The molecule has 2 rings (SSSR count). The maximum absolute atomic E-state index is 12.7. The van der Waals surface area contributed by atoms with Gasteiger partial charge in [0.25, 0.3) is 0 Å². The second kappa shape index (κ2) is 11.6. The van der Waals surface area contributed by atoms with Crippen molar-refractivity contribution in [3.63, 3.8) is 0 Å². The molecule has 10 heteroatoms. The van der Waals surface area contributed by atoms with Crippen LogP contribution in [0.4, 0.5) is 13.2 Å². The van der Waals surface area contributed by atoms with Crippen LogP contribution in [0.5, 0.6) is 5.75 Å². The summed E-state index contributed by atoms with van der Waals surface area (Å²) in [5, 5.41) is 16.7. The lowest BCUT2D eigenvalue weighted by molar-refractivity contribution is -0.137. The van der Waals surface area contributed by atoms with Crippen LogP contribution in [0.15, 0.2) is 47.6 Å². The predicted molar refractivity (Wildman–Crippen MR) is 110 cm³/mol. The number of benzene rings is 1. The Morgan fingerprint density at radius 1 is 1.27 bits per heavy atom. The summed E-state index contributed by atoms with van der Waals surface area (Å²) in [6.45, 7) is 2.97. The smallest absolute Gasteiger partial charge is 0.416 e. The van der Waals surface area contributed by atoms with Crippen LogP contribution in [-0.4, -0.2) is 48.4 Å². The molecule has 6 nitrogen and oxygen atoms in total. The summed E-state index contributed by atoms with van der Waals surface area (Å²) in [5.74, 6) is 0.548. The molecule has 30 heavy (non-hydrogen) atoms. The van der Waals surface area contributed by atoms with Crippen LogP contribution in [0.1, 0.15) is 18.1 Å². The van der Waals surface area contributed by atoms with Crippen LogP contribution in [0.2, 0.25) is 5.15 Å². The Kier molecular flexibility index (Phi) is 9.19. The summed E-state index contributed by atoms with van der Waals surface area (Å²) in [5.41, 5.74) is 0.208. The van der Waals surface area contributed by atoms with Gasteiger partial charge in [-0.1, -0.05) is 23.7 Å². The third-order valence-corrected chi connectivity index (χ3v) is 4.13. The number of aliphatic hydroxyl groups is 1. The number of nitrogens with one attached hydrogen (secondary N) is 2. The van der Waals surface area contributed by atoms with Crippen molar-refractivity contribution < 1.29 is 23.0 Å². The monoisotopic (exact) mass is 444 g/mol. The average molecular weight is 445 g/mol. The van der Waals surface area contributed by atoms with Crippen molar-refractivity contribution in [3.8, 4) is 5.75 Å². The third kappa shape index (κ3) is 8.46. The predicted octanol–water partition coefficient (Wildman–Crippen LogP) is 3.29. The molecular weight excluding hydrogens is 421 g/mol. The van der Waals surface area contributed by atoms with Crippen molar-refractivity contribution in [1.29, 1.82) is 0 Å². The second-order valence-corrected chi connectivity index (χ2v) is 6.76. The van der Waals surface area contributed by atoms with E-state index in [1.807, 2.05) is 13.0 Å². The highest BCUT2D eigenvalue weighted by Gasteiger charge is 2.30. The number of alkyl halides is 3. The van der Waals surface area contributed by atoms with Crippen LogP contribution in [0.3, 0.4) is 0 Å². The first-order chi connectivity index (χ1) is 14.3. The lowest BCUT2D eigenvalue weighted by atomic mass is 10.2. The van der Waals surface area contributed by atoms with Gasteiger partial charge in [0.1, 0.15) is 23.6 Å². The Balaban J connectivity index is 1.81. The maximum Gasteiger partial charge on any atom is 0.416 e. The standard InChI is InChI=1S/C20H24ClF3N4O2/c1-2-25-19(26-9-8-14-6-7-18(21)27-11-14)28-12-16(29)13-30-17-5-3-4-15(10-17)20(22,23)24/h3-7,10-11,16,29H,2,8-9,12-13H2,1H3,(H2,25,26,28). The molecular formula is C20H24ClF3N4O2. The summed E-state index contributed by atoms with van der Waals surface area (Å²) >= 11 is 5.76. The zero-order chi connectivity index (χ0) is 22.0. The summed E-state index contributed by atoms with van der Waals surface area (Å²) < 4.78 is 43.5. The van der Waals surface area contributed by atoms with E-state index in [-0.39, 0.29) is 18.9 Å². The Morgan fingerprint density at radius 3 is 2.73 bits per heavy atom. The fourth-order valence-electron chi connectivity index (χ4n) is 2.43. The molecule has 1 atom stereocenters. The number of aliphatic imine (C=N–C) groups is 1. The molecule has 0 saturated heterocycles. The Morgan fingerprint density at radius 2 is 2.07 bits per heavy atom. The van der Waals surface area contributed by atoms with Gasteiger partial charge in [0, 0.05) is 19.3 Å². The van der Waals surface area contributed by atoms with E-state index >= 15 is 0 Å². The number of nitrogens with zero attached hydrogens (tertiary/aromatic N) is 2. The number of aliphatic hydroxyl groups excluding tert-OH is 1. The fraction of sp³-hybridized carbons (Fsp3) is 0.400. The quantitative estimate of drug-likeness (QED) is 0.314. The fourth-order valence-corrected chi connectivity index (χ4v) is 2.54. The summed E-state index contributed by atoms with van der Waals surface area (Å²) in [6.07, 6.45) is -3.02. The topological polar surface area (TPSA) is 78.8 Å². The molecule has 164 valence electrons. The van der Waals surface area contributed by atoms with E-state index in [1.165, 1.54) is 12.1 Å².